The number of nitrogens with zero attached hydrogens (tertiary/aromatic N) is 1. The molecule has 1 rings (SSSR count). The maximum atomic E-state index is 11.9. The minimum atomic E-state index is -4.03. The zero-order chi connectivity index (χ0) is 9.35. The van der Waals surface area contributed by atoms with Gasteiger partial charge in [-0.15, -0.1) is 0 Å². The van der Waals surface area contributed by atoms with Gasteiger partial charge < -0.3 is 0 Å². The van der Waals surface area contributed by atoms with Crippen LogP contribution in [0.1, 0.15) is 20.3 Å². The van der Waals surface area contributed by atoms with Gasteiger partial charge in [0.25, 0.3) is 0 Å². The number of likely N-dealkylation sites (tertiary alicyclic amines) is 1. The van der Waals surface area contributed by atoms with Crippen LogP contribution in [0.15, 0.2) is 0 Å². The second kappa shape index (κ2) is 3.24. The van der Waals surface area contributed by atoms with Gasteiger partial charge in [0.1, 0.15) is 0 Å². The van der Waals surface area contributed by atoms with Gasteiger partial charge in [-0.1, -0.05) is 13.8 Å². The predicted octanol–water partition coefficient (Wildman–Crippen LogP) is 2.28. The first kappa shape index (κ1) is 9.84. The van der Waals surface area contributed by atoms with Crippen LogP contribution in [0.2, 0.25) is 0 Å². The van der Waals surface area contributed by atoms with E-state index < -0.39 is 12.7 Å². The fraction of sp³-hybridized carbons (Fsp3) is 1.00. The standard InChI is InChI=1S/C8H14F3N/c1-6(2)7-3-4-12(7)5-8(9,10)11/h6-7H,3-5H2,1-2H3/t7-/m1/s1. The van der Waals surface area contributed by atoms with Gasteiger partial charge in [0.05, 0.1) is 6.54 Å². The van der Waals surface area contributed by atoms with Gasteiger partial charge in [-0.25, -0.2) is 0 Å². The van der Waals surface area contributed by atoms with Crippen molar-refractivity contribution < 1.29 is 13.2 Å². The molecule has 0 N–H and O–H groups in total. The Morgan fingerprint density at radius 1 is 1.42 bits per heavy atom. The lowest BCUT2D eigenvalue weighted by Crippen LogP contribution is -2.53. The zero-order valence-electron chi connectivity index (χ0n) is 7.36. The Balaban J connectivity index is 2.35. The number of alkyl halides is 3. The third-order valence-electron chi connectivity index (χ3n) is 2.33. The van der Waals surface area contributed by atoms with Crippen LogP contribution in [0.5, 0.6) is 0 Å². The smallest absolute Gasteiger partial charge is 0.292 e. The van der Waals surface area contributed by atoms with Gasteiger partial charge in [-0.3, -0.25) is 4.90 Å². The van der Waals surface area contributed by atoms with Gasteiger partial charge in [0.15, 0.2) is 0 Å². The first-order valence-electron chi connectivity index (χ1n) is 4.21. The number of rotatable bonds is 2. The van der Waals surface area contributed by atoms with E-state index in [2.05, 4.69) is 0 Å². The normalized spacial score (nSPS) is 26.0. The quantitative estimate of drug-likeness (QED) is 0.631. The summed E-state index contributed by atoms with van der Waals surface area (Å²) in [5.41, 5.74) is 0. The van der Waals surface area contributed by atoms with Crippen molar-refractivity contribution in [2.24, 2.45) is 5.92 Å². The summed E-state index contributed by atoms with van der Waals surface area (Å²) in [5, 5.41) is 0. The minimum absolute atomic E-state index is 0.145. The first-order chi connectivity index (χ1) is 5.40. The third kappa shape index (κ3) is 2.37. The van der Waals surface area contributed by atoms with E-state index in [1.165, 1.54) is 4.90 Å². The van der Waals surface area contributed by atoms with Crippen molar-refractivity contribution in [2.75, 3.05) is 13.1 Å². The molecule has 0 amide bonds. The second-order valence-electron chi connectivity index (χ2n) is 3.69. The van der Waals surface area contributed by atoms with Crippen molar-refractivity contribution in [3.63, 3.8) is 0 Å². The van der Waals surface area contributed by atoms with Crippen LogP contribution in [-0.2, 0) is 0 Å². The molecule has 0 saturated carbocycles. The summed E-state index contributed by atoms with van der Waals surface area (Å²) in [5.74, 6) is 0.334. The molecule has 1 aliphatic heterocycles. The van der Waals surface area contributed by atoms with Gasteiger partial charge >= 0.3 is 6.18 Å². The molecule has 0 aromatic heterocycles. The minimum Gasteiger partial charge on any atom is -0.292 e. The summed E-state index contributed by atoms with van der Waals surface area (Å²) >= 11 is 0. The Hall–Kier alpha value is -0.250. The molecule has 4 heteroatoms. The maximum absolute atomic E-state index is 11.9. The van der Waals surface area contributed by atoms with Crippen molar-refractivity contribution in [1.82, 2.24) is 4.90 Å². The molecule has 0 unspecified atom stereocenters. The molecular formula is C8H14F3N. The average Bonchev–Trinajstić information content (AvgIpc) is 1.77. The molecule has 1 nitrogen and oxygen atoms in total. The summed E-state index contributed by atoms with van der Waals surface area (Å²) in [4.78, 5) is 1.50. The van der Waals surface area contributed by atoms with Crippen LogP contribution in [-0.4, -0.2) is 30.2 Å². The molecule has 1 saturated heterocycles. The van der Waals surface area contributed by atoms with Crippen molar-refractivity contribution in [3.05, 3.63) is 0 Å². The average molecular weight is 181 g/mol. The Bertz CT molecular complexity index is 153. The third-order valence-corrected chi connectivity index (χ3v) is 2.33. The van der Waals surface area contributed by atoms with Gasteiger partial charge in [-0.05, 0) is 12.3 Å². The summed E-state index contributed by atoms with van der Waals surface area (Å²) in [6.45, 7) is 3.79. The lowest BCUT2D eigenvalue weighted by atomic mass is 9.92. The van der Waals surface area contributed by atoms with Gasteiger partial charge in [0, 0.05) is 12.6 Å². The lowest BCUT2D eigenvalue weighted by Gasteiger charge is -2.43. The Kier molecular flexibility index (Phi) is 2.66. The molecule has 0 aromatic carbocycles. The molecule has 0 bridgehead atoms. The van der Waals surface area contributed by atoms with E-state index in [1.54, 1.807) is 0 Å². The molecule has 1 heterocycles. The fourth-order valence-corrected chi connectivity index (χ4v) is 1.64. The molecule has 0 aromatic rings. The van der Waals surface area contributed by atoms with Crippen LogP contribution in [0, 0.1) is 5.92 Å². The van der Waals surface area contributed by atoms with E-state index in [-0.39, 0.29) is 6.04 Å². The molecule has 0 radical (unpaired) electrons. The summed E-state index contributed by atoms with van der Waals surface area (Å²) in [6.07, 6.45) is -3.12. The highest BCUT2D eigenvalue weighted by atomic mass is 19.4. The molecule has 72 valence electrons. The van der Waals surface area contributed by atoms with Gasteiger partial charge in [-0.2, -0.15) is 13.2 Å². The highest BCUT2D eigenvalue weighted by molar-refractivity contribution is 4.86. The Morgan fingerprint density at radius 3 is 2.25 bits per heavy atom. The molecule has 1 fully saturated rings. The van der Waals surface area contributed by atoms with Crippen molar-refractivity contribution in [3.8, 4) is 0 Å². The second-order valence-corrected chi connectivity index (χ2v) is 3.69. The zero-order valence-corrected chi connectivity index (χ0v) is 7.36. The number of hydrogen-bond acceptors (Lipinski definition) is 1. The van der Waals surface area contributed by atoms with E-state index in [0.717, 1.165) is 6.42 Å². The Morgan fingerprint density at radius 2 is 2.00 bits per heavy atom. The monoisotopic (exact) mass is 181 g/mol. The highest BCUT2D eigenvalue weighted by Crippen LogP contribution is 2.28. The molecule has 1 aliphatic rings. The van der Waals surface area contributed by atoms with Gasteiger partial charge in [0.2, 0.25) is 0 Å². The first-order valence-corrected chi connectivity index (χ1v) is 4.21. The summed E-state index contributed by atoms with van der Waals surface area (Å²) in [7, 11) is 0. The van der Waals surface area contributed by atoms with Crippen LogP contribution in [0.4, 0.5) is 13.2 Å². The summed E-state index contributed by atoms with van der Waals surface area (Å²) < 4.78 is 35.8. The van der Waals surface area contributed by atoms with E-state index in [9.17, 15) is 13.2 Å². The number of hydrogen-bond donors (Lipinski definition) is 0. The van der Waals surface area contributed by atoms with Crippen LogP contribution in [0.3, 0.4) is 0 Å². The Labute approximate surface area is 70.5 Å². The van der Waals surface area contributed by atoms with E-state index in [1.807, 2.05) is 13.8 Å². The lowest BCUT2D eigenvalue weighted by molar-refractivity contribution is -0.164. The molecule has 12 heavy (non-hydrogen) atoms. The highest BCUT2D eigenvalue weighted by Gasteiger charge is 2.39. The van der Waals surface area contributed by atoms with Crippen molar-refractivity contribution >= 4 is 0 Å². The SMILES string of the molecule is CC(C)[C@H]1CCN1CC(F)(F)F. The summed E-state index contributed by atoms with van der Waals surface area (Å²) in [6, 6.07) is 0.145. The van der Waals surface area contributed by atoms with E-state index in [4.69, 9.17) is 0 Å². The van der Waals surface area contributed by atoms with Crippen molar-refractivity contribution in [2.45, 2.75) is 32.5 Å². The van der Waals surface area contributed by atoms with Crippen LogP contribution >= 0.6 is 0 Å². The predicted molar refractivity (Wildman–Crippen MR) is 40.9 cm³/mol. The van der Waals surface area contributed by atoms with E-state index in [0.29, 0.717) is 12.5 Å². The molecule has 0 aliphatic carbocycles. The maximum Gasteiger partial charge on any atom is 0.401 e. The molecule has 1 atom stereocenters. The van der Waals surface area contributed by atoms with Crippen LogP contribution < -0.4 is 0 Å². The molecule has 0 spiro atoms. The number of halogens is 3. The van der Waals surface area contributed by atoms with Crippen LogP contribution in [0.25, 0.3) is 0 Å². The fourth-order valence-electron chi connectivity index (χ4n) is 1.64. The van der Waals surface area contributed by atoms with E-state index >= 15 is 0 Å². The molecular weight excluding hydrogens is 167 g/mol. The topological polar surface area (TPSA) is 3.24 Å². The largest absolute Gasteiger partial charge is 0.401 e. The van der Waals surface area contributed by atoms with Crippen molar-refractivity contribution in [1.29, 1.82) is 0 Å².